The molecule has 0 aliphatic carbocycles. The largest absolute Gasteiger partial charge is 0.466 e. The van der Waals surface area contributed by atoms with Gasteiger partial charge in [-0.05, 0) is 48.5 Å². The van der Waals surface area contributed by atoms with Crippen LogP contribution in [0.2, 0.25) is 0 Å². The van der Waals surface area contributed by atoms with Gasteiger partial charge in [0.05, 0.1) is 16.8 Å². The summed E-state index contributed by atoms with van der Waals surface area (Å²) >= 11 is 3.51. The van der Waals surface area contributed by atoms with Crippen molar-refractivity contribution in [1.82, 2.24) is 5.32 Å². The zero-order valence-corrected chi connectivity index (χ0v) is 11.8. The minimum absolute atomic E-state index is 0.0815. The van der Waals surface area contributed by atoms with E-state index in [2.05, 4.69) is 53.3 Å². The smallest absolute Gasteiger partial charge is 0.139 e. The highest BCUT2D eigenvalue weighted by Gasteiger charge is 2.18. The summed E-state index contributed by atoms with van der Waals surface area (Å²) in [5.41, 5.74) is 3.76. The molecule has 1 aromatic carbocycles. The molecule has 1 unspecified atom stereocenters. The summed E-state index contributed by atoms with van der Waals surface area (Å²) in [6.45, 7) is 4.22. The summed E-state index contributed by atoms with van der Waals surface area (Å²) in [5.74, 6) is 0.914. The van der Waals surface area contributed by atoms with E-state index in [1.165, 1.54) is 16.7 Å². The molecule has 3 heteroatoms. The summed E-state index contributed by atoms with van der Waals surface area (Å²) in [4.78, 5) is 0. The van der Waals surface area contributed by atoms with E-state index in [4.69, 9.17) is 4.42 Å². The Morgan fingerprint density at radius 1 is 1.18 bits per heavy atom. The molecule has 1 N–H and O–H groups in total. The normalized spacial score (nSPS) is 12.7. The average Bonchev–Trinajstić information content (AvgIpc) is 2.65. The van der Waals surface area contributed by atoms with Crippen LogP contribution in [0.5, 0.6) is 0 Å². The molecule has 1 atom stereocenters. The second kappa shape index (κ2) is 5.07. The first-order valence-electron chi connectivity index (χ1n) is 5.60. The molecule has 0 saturated carbocycles. The third-order valence-electron chi connectivity index (χ3n) is 2.77. The molecule has 2 nitrogen and oxygen atoms in total. The SMILES string of the molecule is CNC(c1cc(C)cc(C)c1)c1occc1Br. The molecule has 0 aliphatic heterocycles. The first-order chi connectivity index (χ1) is 8.11. The van der Waals surface area contributed by atoms with Crippen LogP contribution in [0.25, 0.3) is 0 Å². The van der Waals surface area contributed by atoms with Crippen molar-refractivity contribution >= 4 is 15.9 Å². The Bertz CT molecular complexity index is 498. The summed E-state index contributed by atoms with van der Waals surface area (Å²) in [6.07, 6.45) is 1.70. The van der Waals surface area contributed by atoms with E-state index >= 15 is 0 Å². The molecule has 0 fully saturated rings. The Kier molecular flexibility index (Phi) is 3.69. The van der Waals surface area contributed by atoms with Crippen LogP contribution < -0.4 is 5.32 Å². The fourth-order valence-electron chi connectivity index (χ4n) is 2.14. The molecule has 2 aromatic rings. The molecule has 1 heterocycles. The van der Waals surface area contributed by atoms with Gasteiger partial charge in [-0.2, -0.15) is 0 Å². The van der Waals surface area contributed by atoms with Crippen LogP contribution in [0, 0.1) is 13.8 Å². The van der Waals surface area contributed by atoms with Crippen LogP contribution in [-0.4, -0.2) is 7.05 Å². The molecule has 0 saturated heterocycles. The van der Waals surface area contributed by atoms with Crippen molar-refractivity contribution in [3.63, 3.8) is 0 Å². The van der Waals surface area contributed by atoms with E-state index in [0.717, 1.165) is 10.2 Å². The Balaban J connectivity index is 2.45. The molecule has 0 spiro atoms. The minimum atomic E-state index is 0.0815. The van der Waals surface area contributed by atoms with E-state index in [1.54, 1.807) is 6.26 Å². The van der Waals surface area contributed by atoms with E-state index in [0.29, 0.717) is 0 Å². The molecule has 0 radical (unpaired) electrons. The highest BCUT2D eigenvalue weighted by atomic mass is 79.9. The number of benzene rings is 1. The van der Waals surface area contributed by atoms with Gasteiger partial charge in [-0.25, -0.2) is 0 Å². The third kappa shape index (κ3) is 2.61. The lowest BCUT2D eigenvalue weighted by Crippen LogP contribution is -2.17. The van der Waals surface area contributed by atoms with E-state index < -0.39 is 0 Å². The van der Waals surface area contributed by atoms with Gasteiger partial charge in [-0.1, -0.05) is 29.3 Å². The Labute approximate surface area is 110 Å². The van der Waals surface area contributed by atoms with Gasteiger partial charge in [0.1, 0.15) is 5.76 Å². The lowest BCUT2D eigenvalue weighted by Gasteiger charge is -2.16. The number of nitrogens with one attached hydrogen (secondary N) is 1. The second-order valence-corrected chi connectivity index (χ2v) is 5.13. The molecule has 2 rings (SSSR count). The first-order valence-corrected chi connectivity index (χ1v) is 6.39. The topological polar surface area (TPSA) is 25.2 Å². The van der Waals surface area contributed by atoms with Crippen LogP contribution in [0.3, 0.4) is 0 Å². The molecule has 1 aromatic heterocycles. The van der Waals surface area contributed by atoms with Crippen molar-refractivity contribution in [2.24, 2.45) is 0 Å². The summed E-state index contributed by atoms with van der Waals surface area (Å²) in [7, 11) is 1.94. The monoisotopic (exact) mass is 293 g/mol. The summed E-state index contributed by atoms with van der Waals surface area (Å²) in [6, 6.07) is 8.54. The molecule has 17 heavy (non-hydrogen) atoms. The Morgan fingerprint density at radius 3 is 2.29 bits per heavy atom. The average molecular weight is 294 g/mol. The van der Waals surface area contributed by atoms with Gasteiger partial charge in [0.2, 0.25) is 0 Å². The maximum Gasteiger partial charge on any atom is 0.139 e. The highest BCUT2D eigenvalue weighted by molar-refractivity contribution is 9.10. The lowest BCUT2D eigenvalue weighted by molar-refractivity contribution is 0.461. The fourth-order valence-corrected chi connectivity index (χ4v) is 2.57. The van der Waals surface area contributed by atoms with Gasteiger partial charge in [-0.3, -0.25) is 0 Å². The molecule has 0 aliphatic rings. The maximum atomic E-state index is 5.54. The third-order valence-corrected chi connectivity index (χ3v) is 3.43. The highest BCUT2D eigenvalue weighted by Crippen LogP contribution is 2.30. The molecule has 90 valence electrons. The van der Waals surface area contributed by atoms with Crippen molar-refractivity contribution in [3.05, 3.63) is 57.5 Å². The number of rotatable bonds is 3. The molecule has 0 amide bonds. The van der Waals surface area contributed by atoms with Gasteiger partial charge in [0.15, 0.2) is 0 Å². The standard InChI is InChI=1S/C14H16BrNO/c1-9-6-10(2)8-11(7-9)13(16-3)14-12(15)4-5-17-14/h4-8,13,16H,1-3H3. The van der Waals surface area contributed by atoms with Crippen molar-refractivity contribution in [3.8, 4) is 0 Å². The van der Waals surface area contributed by atoms with Crippen molar-refractivity contribution in [2.75, 3.05) is 7.05 Å². The predicted octanol–water partition coefficient (Wildman–Crippen LogP) is 3.97. The van der Waals surface area contributed by atoms with Crippen LogP contribution in [0.15, 0.2) is 39.4 Å². The van der Waals surface area contributed by atoms with Gasteiger partial charge in [-0.15, -0.1) is 0 Å². The first kappa shape index (κ1) is 12.4. The second-order valence-electron chi connectivity index (χ2n) is 4.28. The number of aryl methyl sites for hydroxylation is 2. The zero-order valence-electron chi connectivity index (χ0n) is 10.3. The molecule has 0 bridgehead atoms. The van der Waals surface area contributed by atoms with Gasteiger partial charge in [0.25, 0.3) is 0 Å². The zero-order chi connectivity index (χ0) is 12.4. The number of halogens is 1. The van der Waals surface area contributed by atoms with E-state index in [1.807, 2.05) is 13.1 Å². The maximum absolute atomic E-state index is 5.54. The Morgan fingerprint density at radius 2 is 1.82 bits per heavy atom. The quantitative estimate of drug-likeness (QED) is 0.926. The van der Waals surface area contributed by atoms with Crippen LogP contribution in [0.1, 0.15) is 28.5 Å². The molecular formula is C14H16BrNO. The van der Waals surface area contributed by atoms with E-state index in [9.17, 15) is 0 Å². The summed E-state index contributed by atoms with van der Waals surface area (Å²) in [5, 5.41) is 3.29. The van der Waals surface area contributed by atoms with Gasteiger partial charge in [0, 0.05) is 0 Å². The van der Waals surface area contributed by atoms with Crippen LogP contribution >= 0.6 is 15.9 Å². The van der Waals surface area contributed by atoms with E-state index in [-0.39, 0.29) is 6.04 Å². The number of hydrogen-bond donors (Lipinski definition) is 1. The molecular weight excluding hydrogens is 278 g/mol. The lowest BCUT2D eigenvalue weighted by atomic mass is 10.00. The van der Waals surface area contributed by atoms with Gasteiger partial charge < -0.3 is 9.73 Å². The number of furan rings is 1. The van der Waals surface area contributed by atoms with Crippen molar-refractivity contribution < 1.29 is 4.42 Å². The van der Waals surface area contributed by atoms with Crippen molar-refractivity contribution in [2.45, 2.75) is 19.9 Å². The summed E-state index contributed by atoms with van der Waals surface area (Å²) < 4.78 is 6.54. The fraction of sp³-hybridized carbons (Fsp3) is 0.286. The van der Waals surface area contributed by atoms with Crippen LogP contribution in [0.4, 0.5) is 0 Å². The Hall–Kier alpha value is -1.06. The van der Waals surface area contributed by atoms with Gasteiger partial charge >= 0.3 is 0 Å². The minimum Gasteiger partial charge on any atom is -0.466 e. The van der Waals surface area contributed by atoms with Crippen LogP contribution in [-0.2, 0) is 0 Å². The van der Waals surface area contributed by atoms with Crippen molar-refractivity contribution in [1.29, 1.82) is 0 Å². The predicted molar refractivity (Wildman–Crippen MR) is 73.2 cm³/mol. The number of hydrogen-bond acceptors (Lipinski definition) is 2.